The normalized spacial score (nSPS) is 22.6. The average molecular weight is 270 g/mol. The molecule has 0 atom stereocenters. The number of morpholine rings is 1. The molecule has 1 aromatic rings. The van der Waals surface area contributed by atoms with E-state index in [0.717, 1.165) is 45.7 Å². The molecular weight excluding hydrogens is 248 g/mol. The highest BCUT2D eigenvalue weighted by Gasteiger charge is 2.35. The first-order valence-corrected chi connectivity index (χ1v) is 7.63. The summed E-state index contributed by atoms with van der Waals surface area (Å²) in [5.41, 5.74) is 2.33. The second-order valence-electron chi connectivity index (χ2n) is 5.99. The van der Waals surface area contributed by atoms with Crippen molar-refractivity contribution in [1.29, 1.82) is 5.26 Å². The van der Waals surface area contributed by atoms with Gasteiger partial charge in [0.25, 0.3) is 0 Å². The van der Waals surface area contributed by atoms with Crippen molar-refractivity contribution >= 4 is 0 Å². The zero-order chi connectivity index (χ0) is 13.8. The lowest BCUT2D eigenvalue weighted by molar-refractivity contribution is 0.0342. The lowest BCUT2D eigenvalue weighted by atomic mass is 9.80. The Kier molecular flexibility index (Phi) is 4.05. The third-order valence-corrected chi connectivity index (χ3v) is 4.66. The van der Waals surface area contributed by atoms with Crippen LogP contribution in [0.25, 0.3) is 0 Å². The Labute approximate surface area is 121 Å². The van der Waals surface area contributed by atoms with Gasteiger partial charge in [-0.3, -0.25) is 4.90 Å². The lowest BCUT2D eigenvalue weighted by Crippen LogP contribution is -2.35. The van der Waals surface area contributed by atoms with Crippen molar-refractivity contribution in [2.75, 3.05) is 26.3 Å². The van der Waals surface area contributed by atoms with Gasteiger partial charge in [-0.1, -0.05) is 37.1 Å². The summed E-state index contributed by atoms with van der Waals surface area (Å²) in [5, 5.41) is 9.61. The van der Waals surface area contributed by atoms with E-state index in [2.05, 4.69) is 35.2 Å². The van der Waals surface area contributed by atoms with Crippen LogP contribution in [-0.2, 0) is 16.7 Å². The van der Waals surface area contributed by atoms with Gasteiger partial charge >= 0.3 is 0 Å². The van der Waals surface area contributed by atoms with Gasteiger partial charge < -0.3 is 4.74 Å². The van der Waals surface area contributed by atoms with Crippen LogP contribution in [0.2, 0.25) is 0 Å². The SMILES string of the molecule is N#CC1(c2cccc(CN3CCOCC3)c2)CCCC1. The van der Waals surface area contributed by atoms with E-state index in [1.54, 1.807) is 0 Å². The van der Waals surface area contributed by atoms with Gasteiger partial charge in [-0.05, 0) is 24.0 Å². The molecule has 1 saturated carbocycles. The molecule has 0 spiro atoms. The molecule has 0 N–H and O–H groups in total. The first kappa shape index (κ1) is 13.6. The van der Waals surface area contributed by atoms with Crippen molar-refractivity contribution in [3.63, 3.8) is 0 Å². The highest BCUT2D eigenvalue weighted by molar-refractivity contribution is 5.36. The van der Waals surface area contributed by atoms with E-state index in [1.165, 1.54) is 24.0 Å². The molecule has 1 aliphatic carbocycles. The van der Waals surface area contributed by atoms with E-state index in [4.69, 9.17) is 4.74 Å². The fourth-order valence-electron chi connectivity index (χ4n) is 3.43. The van der Waals surface area contributed by atoms with Gasteiger partial charge in [0.05, 0.1) is 24.7 Å². The number of ether oxygens (including phenoxy) is 1. The monoisotopic (exact) mass is 270 g/mol. The van der Waals surface area contributed by atoms with Crippen LogP contribution in [-0.4, -0.2) is 31.2 Å². The van der Waals surface area contributed by atoms with E-state index >= 15 is 0 Å². The van der Waals surface area contributed by atoms with Crippen LogP contribution in [0.4, 0.5) is 0 Å². The van der Waals surface area contributed by atoms with E-state index in [0.29, 0.717) is 0 Å². The zero-order valence-corrected chi connectivity index (χ0v) is 12.0. The van der Waals surface area contributed by atoms with E-state index < -0.39 is 0 Å². The Bertz CT molecular complexity index is 494. The van der Waals surface area contributed by atoms with Gasteiger partial charge in [-0.25, -0.2) is 0 Å². The molecule has 1 heterocycles. The molecule has 20 heavy (non-hydrogen) atoms. The Balaban J connectivity index is 1.77. The smallest absolute Gasteiger partial charge is 0.0822 e. The van der Waals surface area contributed by atoms with Crippen LogP contribution < -0.4 is 0 Å². The lowest BCUT2D eigenvalue weighted by Gasteiger charge is -2.27. The molecule has 0 amide bonds. The molecule has 3 nitrogen and oxygen atoms in total. The molecule has 2 aliphatic rings. The molecule has 0 radical (unpaired) electrons. The van der Waals surface area contributed by atoms with Crippen molar-refractivity contribution < 1.29 is 4.74 Å². The number of hydrogen-bond acceptors (Lipinski definition) is 3. The Morgan fingerprint density at radius 3 is 2.65 bits per heavy atom. The molecule has 1 aliphatic heterocycles. The molecule has 3 rings (SSSR count). The Morgan fingerprint density at radius 1 is 1.20 bits per heavy atom. The summed E-state index contributed by atoms with van der Waals surface area (Å²) in [5.74, 6) is 0. The number of nitrogens with zero attached hydrogens (tertiary/aromatic N) is 2. The van der Waals surface area contributed by atoms with Gasteiger partial charge in [-0.15, -0.1) is 0 Å². The Hall–Kier alpha value is -1.37. The van der Waals surface area contributed by atoms with Crippen molar-refractivity contribution in [2.24, 2.45) is 0 Å². The summed E-state index contributed by atoms with van der Waals surface area (Å²) in [6.07, 6.45) is 4.40. The predicted octanol–water partition coefficient (Wildman–Crippen LogP) is 2.85. The number of nitriles is 1. The van der Waals surface area contributed by atoms with Crippen molar-refractivity contribution in [3.8, 4) is 6.07 Å². The molecule has 1 aromatic carbocycles. The Morgan fingerprint density at radius 2 is 1.95 bits per heavy atom. The number of hydrogen-bond donors (Lipinski definition) is 0. The fraction of sp³-hybridized carbons (Fsp3) is 0.588. The topological polar surface area (TPSA) is 36.3 Å². The van der Waals surface area contributed by atoms with Gasteiger partial charge in [0.2, 0.25) is 0 Å². The van der Waals surface area contributed by atoms with Crippen molar-refractivity contribution in [1.82, 2.24) is 4.90 Å². The van der Waals surface area contributed by atoms with Crippen LogP contribution in [0.15, 0.2) is 24.3 Å². The van der Waals surface area contributed by atoms with Crippen molar-refractivity contribution in [2.45, 2.75) is 37.6 Å². The van der Waals surface area contributed by atoms with Gasteiger partial charge in [0.15, 0.2) is 0 Å². The molecule has 3 heteroatoms. The second kappa shape index (κ2) is 5.95. The van der Waals surface area contributed by atoms with Crippen LogP contribution in [0, 0.1) is 11.3 Å². The van der Waals surface area contributed by atoms with Crippen LogP contribution >= 0.6 is 0 Å². The van der Waals surface area contributed by atoms with Gasteiger partial charge in [-0.2, -0.15) is 5.26 Å². The van der Waals surface area contributed by atoms with Crippen molar-refractivity contribution in [3.05, 3.63) is 35.4 Å². The minimum absolute atomic E-state index is 0.221. The quantitative estimate of drug-likeness (QED) is 0.847. The van der Waals surface area contributed by atoms with E-state index in [-0.39, 0.29) is 5.41 Å². The second-order valence-corrected chi connectivity index (χ2v) is 5.99. The molecule has 2 fully saturated rings. The molecule has 0 bridgehead atoms. The molecule has 1 saturated heterocycles. The van der Waals surface area contributed by atoms with E-state index in [1.807, 2.05) is 0 Å². The van der Waals surface area contributed by atoms with E-state index in [9.17, 15) is 5.26 Å². The summed E-state index contributed by atoms with van der Waals surface area (Å²) >= 11 is 0. The molecule has 106 valence electrons. The van der Waals surface area contributed by atoms with Crippen LogP contribution in [0.3, 0.4) is 0 Å². The molecular formula is C17H22N2O. The van der Waals surface area contributed by atoms with Gasteiger partial charge in [0.1, 0.15) is 0 Å². The first-order valence-electron chi connectivity index (χ1n) is 7.63. The molecule has 0 unspecified atom stereocenters. The zero-order valence-electron chi connectivity index (χ0n) is 12.0. The standard InChI is InChI=1S/C17H22N2O/c18-14-17(6-1-2-7-17)16-5-3-4-15(12-16)13-19-8-10-20-11-9-19/h3-5,12H,1-2,6-11,13H2. The summed E-state index contributed by atoms with van der Waals surface area (Å²) in [6, 6.07) is 11.3. The third-order valence-electron chi connectivity index (χ3n) is 4.66. The average Bonchev–Trinajstić information content (AvgIpc) is 2.99. The fourth-order valence-corrected chi connectivity index (χ4v) is 3.43. The highest BCUT2D eigenvalue weighted by atomic mass is 16.5. The maximum atomic E-state index is 9.61. The molecule has 0 aromatic heterocycles. The minimum atomic E-state index is -0.221. The summed E-state index contributed by atoms with van der Waals surface area (Å²) < 4.78 is 5.39. The largest absolute Gasteiger partial charge is 0.379 e. The van der Waals surface area contributed by atoms with Gasteiger partial charge in [0, 0.05) is 19.6 Å². The number of rotatable bonds is 3. The minimum Gasteiger partial charge on any atom is -0.379 e. The predicted molar refractivity (Wildman–Crippen MR) is 78.3 cm³/mol. The summed E-state index contributed by atoms with van der Waals surface area (Å²) in [6.45, 7) is 4.66. The third kappa shape index (κ3) is 2.72. The maximum Gasteiger partial charge on any atom is 0.0822 e. The maximum absolute atomic E-state index is 9.61. The van der Waals surface area contributed by atoms with Crippen LogP contribution in [0.5, 0.6) is 0 Å². The number of benzene rings is 1. The first-order chi connectivity index (χ1) is 9.82. The summed E-state index contributed by atoms with van der Waals surface area (Å²) in [7, 11) is 0. The summed E-state index contributed by atoms with van der Waals surface area (Å²) in [4.78, 5) is 2.43. The van der Waals surface area contributed by atoms with Crippen LogP contribution in [0.1, 0.15) is 36.8 Å². The highest BCUT2D eigenvalue weighted by Crippen LogP contribution is 2.40.